The Bertz CT molecular complexity index is 674. The molecule has 0 aliphatic heterocycles. The molecule has 108 valence electrons. The number of rotatable bonds is 4. The number of nitrogens with zero attached hydrogens (tertiary/aromatic N) is 1. The lowest BCUT2D eigenvalue weighted by Crippen LogP contribution is -2.19. The molecule has 0 aliphatic rings. The molecule has 0 unspecified atom stereocenters. The summed E-state index contributed by atoms with van der Waals surface area (Å²) in [7, 11) is 0. The Morgan fingerprint density at radius 1 is 1.29 bits per heavy atom. The highest BCUT2D eigenvalue weighted by Crippen LogP contribution is 2.13. The Hall–Kier alpha value is -1.72. The van der Waals surface area contributed by atoms with E-state index >= 15 is 0 Å². The van der Waals surface area contributed by atoms with Gasteiger partial charge >= 0.3 is 0 Å². The molecule has 2 aromatic carbocycles. The van der Waals surface area contributed by atoms with Crippen LogP contribution in [0.2, 0.25) is 5.02 Å². The van der Waals surface area contributed by atoms with Crippen LogP contribution in [-0.2, 0) is 11.2 Å². The molecule has 0 bridgehead atoms. The standard InChI is InChI=1S/C15H11BrClFN2O/c16-12-3-6-14(18)11(8-12)9-19-20-15(21)7-10-1-4-13(17)5-2-10/h1-6,8-9H,7H2,(H,20,21)/b19-9+. The average molecular weight is 370 g/mol. The van der Waals surface area contributed by atoms with Crippen LogP contribution in [0.25, 0.3) is 0 Å². The van der Waals surface area contributed by atoms with Crippen LogP contribution in [0.5, 0.6) is 0 Å². The van der Waals surface area contributed by atoms with Crippen molar-refractivity contribution in [2.45, 2.75) is 6.42 Å². The quantitative estimate of drug-likeness (QED) is 0.644. The second-order valence-electron chi connectivity index (χ2n) is 4.26. The highest BCUT2D eigenvalue weighted by Gasteiger charge is 2.03. The van der Waals surface area contributed by atoms with Crippen LogP contribution >= 0.6 is 27.5 Å². The summed E-state index contributed by atoms with van der Waals surface area (Å²) in [6.07, 6.45) is 1.44. The summed E-state index contributed by atoms with van der Waals surface area (Å²) in [5.74, 6) is -0.696. The van der Waals surface area contributed by atoms with E-state index in [1.807, 2.05) is 0 Å². The summed E-state index contributed by atoms with van der Waals surface area (Å²) >= 11 is 9.00. The molecule has 2 rings (SSSR count). The summed E-state index contributed by atoms with van der Waals surface area (Å²) in [6, 6.07) is 11.4. The molecule has 0 heterocycles. The Kier molecular flexibility index (Phi) is 5.47. The van der Waals surface area contributed by atoms with Crippen molar-refractivity contribution in [2.75, 3.05) is 0 Å². The van der Waals surface area contributed by atoms with Crippen molar-refractivity contribution in [1.82, 2.24) is 5.43 Å². The largest absolute Gasteiger partial charge is 0.273 e. The fourth-order valence-corrected chi connectivity index (χ4v) is 2.12. The van der Waals surface area contributed by atoms with E-state index in [2.05, 4.69) is 26.5 Å². The van der Waals surface area contributed by atoms with Crippen LogP contribution in [0.15, 0.2) is 52.0 Å². The predicted octanol–water partition coefficient (Wildman–Crippen LogP) is 3.93. The highest BCUT2D eigenvalue weighted by atomic mass is 79.9. The Balaban J connectivity index is 1.93. The van der Waals surface area contributed by atoms with Gasteiger partial charge in [0.15, 0.2) is 0 Å². The zero-order valence-corrected chi connectivity index (χ0v) is 13.2. The zero-order chi connectivity index (χ0) is 15.2. The fourth-order valence-electron chi connectivity index (χ4n) is 1.61. The predicted molar refractivity (Wildman–Crippen MR) is 85.0 cm³/mol. The van der Waals surface area contributed by atoms with Crippen LogP contribution in [0.1, 0.15) is 11.1 Å². The van der Waals surface area contributed by atoms with Crippen molar-refractivity contribution in [3.8, 4) is 0 Å². The summed E-state index contributed by atoms with van der Waals surface area (Å²) < 4.78 is 14.2. The molecule has 21 heavy (non-hydrogen) atoms. The molecule has 1 N–H and O–H groups in total. The monoisotopic (exact) mass is 368 g/mol. The first-order chi connectivity index (χ1) is 10.0. The van der Waals surface area contributed by atoms with E-state index in [0.717, 1.165) is 10.0 Å². The van der Waals surface area contributed by atoms with E-state index in [1.54, 1.807) is 36.4 Å². The molecule has 0 atom stereocenters. The third-order valence-electron chi connectivity index (χ3n) is 2.63. The van der Waals surface area contributed by atoms with Crippen molar-refractivity contribution < 1.29 is 9.18 Å². The number of carbonyl (C=O) groups is 1. The zero-order valence-electron chi connectivity index (χ0n) is 10.8. The first kappa shape index (κ1) is 15.7. The van der Waals surface area contributed by atoms with Crippen LogP contribution in [0, 0.1) is 5.82 Å². The molecule has 0 aliphatic carbocycles. The second-order valence-corrected chi connectivity index (χ2v) is 5.61. The van der Waals surface area contributed by atoms with Crippen LogP contribution < -0.4 is 5.43 Å². The Morgan fingerprint density at radius 3 is 2.71 bits per heavy atom. The maximum Gasteiger partial charge on any atom is 0.244 e. The first-order valence-corrected chi connectivity index (χ1v) is 7.23. The van der Waals surface area contributed by atoms with Gasteiger partial charge in [-0.2, -0.15) is 5.10 Å². The average Bonchev–Trinajstić information content (AvgIpc) is 2.45. The summed E-state index contributed by atoms with van der Waals surface area (Å²) in [4.78, 5) is 11.7. The van der Waals surface area contributed by atoms with Crippen molar-refractivity contribution in [2.24, 2.45) is 5.10 Å². The number of halogens is 3. The van der Waals surface area contributed by atoms with Gasteiger partial charge in [0.2, 0.25) is 5.91 Å². The topological polar surface area (TPSA) is 41.5 Å². The summed E-state index contributed by atoms with van der Waals surface area (Å²) in [6.45, 7) is 0. The fraction of sp³-hybridized carbons (Fsp3) is 0.0667. The molecule has 1 amide bonds. The smallest absolute Gasteiger partial charge is 0.244 e. The maximum atomic E-state index is 13.4. The van der Waals surface area contributed by atoms with E-state index in [0.29, 0.717) is 5.02 Å². The van der Waals surface area contributed by atoms with Crippen molar-refractivity contribution in [1.29, 1.82) is 0 Å². The van der Waals surface area contributed by atoms with E-state index < -0.39 is 5.82 Å². The number of nitrogens with one attached hydrogen (secondary N) is 1. The summed E-state index contributed by atoms with van der Waals surface area (Å²) in [5, 5.41) is 4.36. The van der Waals surface area contributed by atoms with Crippen molar-refractivity contribution >= 4 is 39.7 Å². The van der Waals surface area contributed by atoms with E-state index in [-0.39, 0.29) is 17.9 Å². The maximum absolute atomic E-state index is 13.4. The molecular formula is C15H11BrClFN2O. The Morgan fingerprint density at radius 2 is 2.00 bits per heavy atom. The second kappa shape index (κ2) is 7.33. The number of carbonyl (C=O) groups excluding carboxylic acids is 1. The molecule has 0 saturated carbocycles. The van der Waals surface area contributed by atoms with E-state index in [1.165, 1.54) is 12.3 Å². The lowest BCUT2D eigenvalue weighted by Gasteiger charge is -2.01. The molecule has 0 saturated heterocycles. The van der Waals surface area contributed by atoms with Gasteiger partial charge in [-0.25, -0.2) is 9.82 Å². The lowest BCUT2D eigenvalue weighted by molar-refractivity contribution is -0.120. The highest BCUT2D eigenvalue weighted by molar-refractivity contribution is 9.10. The number of benzene rings is 2. The van der Waals surface area contributed by atoms with Gasteiger partial charge in [0.25, 0.3) is 0 Å². The molecule has 2 aromatic rings. The number of hydrazone groups is 1. The van der Waals surface area contributed by atoms with Gasteiger partial charge in [-0.15, -0.1) is 0 Å². The molecule has 0 aromatic heterocycles. The molecular weight excluding hydrogens is 359 g/mol. The van der Waals surface area contributed by atoms with Crippen LogP contribution in [-0.4, -0.2) is 12.1 Å². The van der Waals surface area contributed by atoms with Crippen molar-refractivity contribution in [3.63, 3.8) is 0 Å². The molecule has 0 radical (unpaired) electrons. The first-order valence-electron chi connectivity index (χ1n) is 6.06. The van der Waals surface area contributed by atoms with E-state index in [4.69, 9.17) is 11.6 Å². The third-order valence-corrected chi connectivity index (χ3v) is 3.37. The van der Waals surface area contributed by atoms with Crippen molar-refractivity contribution in [3.05, 3.63) is 68.9 Å². The number of amides is 1. The molecule has 0 spiro atoms. The minimum atomic E-state index is -0.408. The Labute approximate surface area is 134 Å². The van der Waals surface area contributed by atoms with Crippen LogP contribution in [0.4, 0.5) is 4.39 Å². The third kappa shape index (κ3) is 4.95. The van der Waals surface area contributed by atoms with Gasteiger partial charge in [0.05, 0.1) is 12.6 Å². The van der Waals surface area contributed by atoms with E-state index in [9.17, 15) is 9.18 Å². The van der Waals surface area contributed by atoms with Gasteiger partial charge in [-0.1, -0.05) is 39.7 Å². The van der Waals surface area contributed by atoms with Crippen LogP contribution in [0.3, 0.4) is 0 Å². The minimum absolute atomic E-state index is 0.176. The number of hydrogen-bond acceptors (Lipinski definition) is 2. The normalized spacial score (nSPS) is 10.8. The summed E-state index contributed by atoms with van der Waals surface area (Å²) in [5.41, 5.74) is 3.46. The molecule has 3 nitrogen and oxygen atoms in total. The van der Waals surface area contributed by atoms with Gasteiger partial charge in [0, 0.05) is 15.1 Å². The van der Waals surface area contributed by atoms with Gasteiger partial charge in [-0.3, -0.25) is 4.79 Å². The molecule has 6 heteroatoms. The van der Waals surface area contributed by atoms with Gasteiger partial charge in [-0.05, 0) is 35.9 Å². The molecule has 0 fully saturated rings. The number of hydrogen-bond donors (Lipinski definition) is 1. The minimum Gasteiger partial charge on any atom is -0.273 e. The van der Waals surface area contributed by atoms with Gasteiger partial charge < -0.3 is 0 Å². The van der Waals surface area contributed by atoms with Gasteiger partial charge in [0.1, 0.15) is 5.82 Å². The SMILES string of the molecule is O=C(Cc1ccc(Cl)cc1)N/N=C/c1cc(Br)ccc1F. The lowest BCUT2D eigenvalue weighted by atomic mass is 10.1.